The number of hydrogen-bond donors (Lipinski definition) is 1. The molecule has 0 unspecified atom stereocenters. The lowest BCUT2D eigenvalue weighted by molar-refractivity contribution is 1.51. The van der Waals surface area contributed by atoms with Crippen molar-refractivity contribution < 1.29 is 0 Å². The monoisotopic (exact) mass is 173 g/mol. The molecule has 68 valence electrons. The Morgan fingerprint density at radius 3 is 2.23 bits per heavy atom. The van der Waals surface area contributed by atoms with E-state index in [4.69, 9.17) is 5.73 Å². The minimum atomic E-state index is 0.798. The van der Waals surface area contributed by atoms with Crippen molar-refractivity contribution >= 4 is 11.3 Å². The van der Waals surface area contributed by atoms with Gasteiger partial charge in [0, 0.05) is 5.69 Å². The van der Waals surface area contributed by atoms with Gasteiger partial charge in [-0.25, -0.2) is 0 Å². The summed E-state index contributed by atoms with van der Waals surface area (Å²) in [6.07, 6.45) is 2.06. The minimum Gasteiger partial charge on any atom is -0.399 e. The van der Waals surface area contributed by atoms with Crippen molar-refractivity contribution in [2.45, 2.75) is 13.8 Å². The van der Waals surface area contributed by atoms with Crippen molar-refractivity contribution in [3.05, 3.63) is 48.1 Å². The molecule has 2 N–H and O–H groups in total. The molecule has 0 fully saturated rings. The zero-order valence-electron chi connectivity index (χ0n) is 8.17. The second-order valence-corrected chi connectivity index (χ2v) is 3.30. The van der Waals surface area contributed by atoms with Crippen LogP contribution >= 0.6 is 0 Å². The number of nitrogen functional groups attached to an aromatic ring is 1. The molecule has 1 nitrogen and oxygen atoms in total. The van der Waals surface area contributed by atoms with E-state index < -0.39 is 0 Å². The van der Waals surface area contributed by atoms with E-state index in [0.29, 0.717) is 0 Å². The van der Waals surface area contributed by atoms with Crippen molar-refractivity contribution in [3.63, 3.8) is 0 Å². The van der Waals surface area contributed by atoms with E-state index in [1.807, 2.05) is 31.2 Å². The molecule has 1 aromatic carbocycles. The summed E-state index contributed by atoms with van der Waals surface area (Å²) in [6.45, 7) is 7.89. The van der Waals surface area contributed by atoms with Crippen molar-refractivity contribution in [1.29, 1.82) is 0 Å². The van der Waals surface area contributed by atoms with Gasteiger partial charge in [-0.05, 0) is 37.1 Å². The van der Waals surface area contributed by atoms with Gasteiger partial charge in [-0.2, -0.15) is 0 Å². The Balaban J connectivity index is 2.96. The number of nitrogens with two attached hydrogens (primary N) is 1. The highest BCUT2D eigenvalue weighted by atomic mass is 14.5. The van der Waals surface area contributed by atoms with Crippen molar-refractivity contribution in [1.82, 2.24) is 0 Å². The normalized spacial score (nSPS) is 11.4. The Bertz CT molecular complexity index is 331. The summed E-state index contributed by atoms with van der Waals surface area (Å²) in [5, 5.41) is 0. The molecule has 0 saturated carbocycles. The fourth-order valence-electron chi connectivity index (χ4n) is 1.20. The topological polar surface area (TPSA) is 26.0 Å². The maximum Gasteiger partial charge on any atom is 0.0314 e. The molecule has 0 aliphatic heterocycles. The van der Waals surface area contributed by atoms with Crippen LogP contribution in [0.25, 0.3) is 5.57 Å². The first kappa shape index (κ1) is 9.59. The van der Waals surface area contributed by atoms with Crippen LogP contribution in [0.15, 0.2) is 42.5 Å². The maximum absolute atomic E-state index is 5.59. The molecule has 0 atom stereocenters. The number of anilines is 1. The number of benzene rings is 1. The summed E-state index contributed by atoms with van der Waals surface area (Å²) in [4.78, 5) is 0. The fourth-order valence-corrected chi connectivity index (χ4v) is 1.20. The van der Waals surface area contributed by atoms with Gasteiger partial charge in [0.05, 0.1) is 0 Å². The molecule has 1 aromatic rings. The molecule has 0 saturated heterocycles. The third-order valence-corrected chi connectivity index (χ3v) is 1.83. The van der Waals surface area contributed by atoms with E-state index in [-0.39, 0.29) is 0 Å². The van der Waals surface area contributed by atoms with Crippen LogP contribution in [0.3, 0.4) is 0 Å². The van der Waals surface area contributed by atoms with Gasteiger partial charge < -0.3 is 5.73 Å². The number of rotatable bonds is 2. The van der Waals surface area contributed by atoms with Gasteiger partial charge in [0.25, 0.3) is 0 Å². The average Bonchev–Trinajstić information content (AvgIpc) is 2.04. The summed E-state index contributed by atoms with van der Waals surface area (Å²) < 4.78 is 0. The molecule has 0 aliphatic carbocycles. The Kier molecular flexibility index (Phi) is 2.91. The zero-order valence-corrected chi connectivity index (χ0v) is 8.17. The molecule has 0 heterocycles. The smallest absolute Gasteiger partial charge is 0.0314 e. The Labute approximate surface area is 79.6 Å². The van der Waals surface area contributed by atoms with Crippen LogP contribution in [0, 0.1) is 0 Å². The first-order valence-electron chi connectivity index (χ1n) is 4.29. The summed E-state index contributed by atoms with van der Waals surface area (Å²) in [5.41, 5.74) is 9.86. The lowest BCUT2D eigenvalue weighted by Crippen LogP contribution is -1.85. The molecule has 1 heteroatoms. The molecule has 0 aromatic heterocycles. The fraction of sp³-hybridized carbons (Fsp3) is 0.167. The van der Waals surface area contributed by atoms with E-state index in [1.54, 1.807) is 0 Å². The largest absolute Gasteiger partial charge is 0.399 e. The van der Waals surface area contributed by atoms with Crippen LogP contribution in [-0.4, -0.2) is 0 Å². The zero-order chi connectivity index (χ0) is 9.84. The predicted molar refractivity (Wildman–Crippen MR) is 59.3 cm³/mol. The third kappa shape index (κ3) is 2.79. The Hall–Kier alpha value is -1.50. The Morgan fingerprint density at radius 2 is 1.77 bits per heavy atom. The molecular weight excluding hydrogens is 158 g/mol. The summed E-state index contributed by atoms with van der Waals surface area (Å²) >= 11 is 0. The Morgan fingerprint density at radius 1 is 1.23 bits per heavy atom. The van der Waals surface area contributed by atoms with Gasteiger partial charge >= 0.3 is 0 Å². The van der Waals surface area contributed by atoms with E-state index in [1.165, 1.54) is 11.1 Å². The lowest BCUT2D eigenvalue weighted by Gasteiger charge is -2.01. The molecule has 0 spiro atoms. The van der Waals surface area contributed by atoms with Gasteiger partial charge in [0.15, 0.2) is 0 Å². The van der Waals surface area contributed by atoms with Gasteiger partial charge in [-0.15, -0.1) is 0 Å². The summed E-state index contributed by atoms with van der Waals surface area (Å²) in [7, 11) is 0. The summed E-state index contributed by atoms with van der Waals surface area (Å²) in [6, 6.07) is 7.85. The molecule has 1 rings (SSSR count). The second-order valence-electron chi connectivity index (χ2n) is 3.30. The van der Waals surface area contributed by atoms with Crippen molar-refractivity contribution in [2.75, 3.05) is 5.73 Å². The predicted octanol–water partition coefficient (Wildman–Crippen LogP) is 3.25. The summed E-state index contributed by atoms with van der Waals surface area (Å²) in [5.74, 6) is 0. The van der Waals surface area contributed by atoms with Crippen LogP contribution in [0.5, 0.6) is 0 Å². The minimum absolute atomic E-state index is 0.798. The van der Waals surface area contributed by atoms with E-state index in [9.17, 15) is 0 Å². The standard InChI is InChI=1S/C12H15N/c1-9(2)8-10(3)11-4-6-12(13)7-5-11/h4-8H,1,13H2,2-3H3/b10-8+. The maximum atomic E-state index is 5.59. The highest BCUT2D eigenvalue weighted by Crippen LogP contribution is 2.16. The lowest BCUT2D eigenvalue weighted by atomic mass is 10.1. The number of hydrogen-bond acceptors (Lipinski definition) is 1. The highest BCUT2D eigenvalue weighted by molar-refractivity contribution is 5.67. The van der Waals surface area contributed by atoms with Gasteiger partial charge in [0.1, 0.15) is 0 Å². The van der Waals surface area contributed by atoms with E-state index >= 15 is 0 Å². The molecule has 0 bridgehead atoms. The number of allylic oxidation sites excluding steroid dienone is 3. The van der Waals surface area contributed by atoms with Crippen molar-refractivity contribution in [2.24, 2.45) is 0 Å². The first-order chi connectivity index (χ1) is 6.09. The highest BCUT2D eigenvalue weighted by Gasteiger charge is 1.94. The van der Waals surface area contributed by atoms with E-state index in [2.05, 4.69) is 19.6 Å². The third-order valence-electron chi connectivity index (χ3n) is 1.83. The van der Waals surface area contributed by atoms with Gasteiger partial charge in [-0.1, -0.05) is 30.4 Å². The molecule has 0 amide bonds. The SMILES string of the molecule is C=C(C)/C=C(\C)c1ccc(N)cc1. The van der Waals surface area contributed by atoms with Crippen LogP contribution in [-0.2, 0) is 0 Å². The second kappa shape index (κ2) is 3.94. The van der Waals surface area contributed by atoms with Gasteiger partial charge in [-0.3, -0.25) is 0 Å². The van der Waals surface area contributed by atoms with Crippen LogP contribution in [0.1, 0.15) is 19.4 Å². The van der Waals surface area contributed by atoms with Crippen LogP contribution < -0.4 is 5.73 Å². The van der Waals surface area contributed by atoms with Crippen LogP contribution in [0.4, 0.5) is 5.69 Å². The first-order valence-corrected chi connectivity index (χ1v) is 4.29. The van der Waals surface area contributed by atoms with Crippen LogP contribution in [0.2, 0.25) is 0 Å². The molecule has 13 heavy (non-hydrogen) atoms. The van der Waals surface area contributed by atoms with E-state index in [0.717, 1.165) is 11.3 Å². The average molecular weight is 173 g/mol. The molecule has 0 aliphatic rings. The molecule has 0 radical (unpaired) electrons. The van der Waals surface area contributed by atoms with Gasteiger partial charge in [0.2, 0.25) is 0 Å². The quantitative estimate of drug-likeness (QED) is 0.539. The molecular formula is C12H15N. The van der Waals surface area contributed by atoms with Crippen molar-refractivity contribution in [3.8, 4) is 0 Å².